The number of furan rings is 1. The van der Waals surface area contributed by atoms with Crippen LogP contribution in [-0.4, -0.2) is 72.1 Å². The fraction of sp³-hybridized carbons (Fsp3) is 0.333. The summed E-state index contributed by atoms with van der Waals surface area (Å²) in [7, 11) is 0. The summed E-state index contributed by atoms with van der Waals surface area (Å²) in [6.45, 7) is 5.12. The number of piperazine rings is 1. The van der Waals surface area contributed by atoms with Gasteiger partial charge in [-0.15, -0.1) is 5.10 Å². The predicted molar refractivity (Wildman–Crippen MR) is 132 cm³/mol. The fourth-order valence-electron chi connectivity index (χ4n) is 4.69. The first-order valence-electron chi connectivity index (χ1n) is 11.9. The Morgan fingerprint density at radius 3 is 2.62 bits per heavy atom. The van der Waals surface area contributed by atoms with Crippen LogP contribution in [0.2, 0.25) is 0 Å². The summed E-state index contributed by atoms with van der Waals surface area (Å²) in [6, 6.07) is 5.78. The molecule has 37 heavy (non-hydrogen) atoms. The van der Waals surface area contributed by atoms with E-state index >= 15 is 0 Å². The number of nitrogen functional groups attached to an aromatic ring is 1. The van der Waals surface area contributed by atoms with Gasteiger partial charge >= 0.3 is 0 Å². The van der Waals surface area contributed by atoms with Gasteiger partial charge in [-0.1, -0.05) is 0 Å². The Hall–Kier alpha value is -4.10. The molecule has 5 aromatic rings. The third kappa shape index (κ3) is 4.15. The molecule has 1 atom stereocenters. The van der Waals surface area contributed by atoms with Crippen LogP contribution in [0.15, 0.2) is 41.1 Å². The molecule has 1 fully saturated rings. The van der Waals surface area contributed by atoms with Crippen molar-refractivity contribution in [1.82, 2.24) is 34.3 Å². The maximum absolute atomic E-state index is 14.6. The van der Waals surface area contributed by atoms with Crippen molar-refractivity contribution in [2.45, 2.75) is 19.6 Å². The molecule has 0 saturated carbocycles. The van der Waals surface area contributed by atoms with E-state index in [4.69, 9.17) is 10.2 Å². The molecule has 0 aliphatic carbocycles. The van der Waals surface area contributed by atoms with E-state index in [0.717, 1.165) is 11.5 Å². The summed E-state index contributed by atoms with van der Waals surface area (Å²) in [6.07, 6.45) is 2.18. The average molecular weight is 510 g/mol. The third-order valence-electron chi connectivity index (χ3n) is 6.70. The molecule has 4 aromatic heterocycles. The molecule has 0 bridgehead atoms. The van der Waals surface area contributed by atoms with Crippen LogP contribution in [0, 0.1) is 11.6 Å². The predicted octanol–water partition coefficient (Wildman–Crippen LogP) is 2.47. The molecule has 0 amide bonds. The first-order chi connectivity index (χ1) is 17.9. The highest BCUT2D eigenvalue weighted by Crippen LogP contribution is 2.28. The van der Waals surface area contributed by atoms with E-state index in [1.807, 2.05) is 4.90 Å². The first kappa shape index (κ1) is 23.3. The Morgan fingerprint density at radius 1 is 1.08 bits per heavy atom. The summed E-state index contributed by atoms with van der Waals surface area (Å²) in [4.78, 5) is 13.1. The molecule has 1 aromatic carbocycles. The number of nitrogens with two attached hydrogens (primary N) is 1. The van der Waals surface area contributed by atoms with Crippen LogP contribution in [-0.2, 0) is 6.54 Å². The van der Waals surface area contributed by atoms with Crippen molar-refractivity contribution in [2.75, 3.05) is 43.4 Å². The number of aliphatic hydroxyl groups is 1. The van der Waals surface area contributed by atoms with Gasteiger partial charge in [0.15, 0.2) is 17.1 Å². The number of anilines is 2. The number of fused-ring (bicyclic) bond motifs is 3. The van der Waals surface area contributed by atoms with Crippen molar-refractivity contribution in [3.63, 3.8) is 0 Å². The largest absolute Gasteiger partial charge is 0.461 e. The number of hydrogen-bond donors (Lipinski definition) is 2. The van der Waals surface area contributed by atoms with E-state index in [2.05, 4.69) is 25.1 Å². The highest BCUT2D eigenvalue weighted by molar-refractivity contribution is 5.90. The minimum atomic E-state index is -1.07. The van der Waals surface area contributed by atoms with Crippen LogP contribution in [0.5, 0.6) is 0 Å². The lowest BCUT2D eigenvalue weighted by atomic mass is 10.1. The number of nitrogens with zero attached hydrogens (tertiary/aromatic N) is 8. The number of hydrogen-bond acceptors (Lipinski definition) is 9. The molecule has 1 aliphatic rings. The lowest BCUT2D eigenvalue weighted by molar-refractivity contribution is 0.193. The summed E-state index contributed by atoms with van der Waals surface area (Å²) in [5, 5.41) is 19.2. The molecule has 3 N–H and O–H groups in total. The van der Waals surface area contributed by atoms with Gasteiger partial charge in [0, 0.05) is 44.4 Å². The smallest absolute Gasteiger partial charge is 0.225 e. The number of aliphatic hydroxyl groups excluding tert-OH is 1. The van der Waals surface area contributed by atoms with E-state index in [1.165, 1.54) is 17.5 Å². The maximum atomic E-state index is 14.6. The zero-order valence-electron chi connectivity index (χ0n) is 20.1. The second kappa shape index (κ2) is 9.09. The van der Waals surface area contributed by atoms with Crippen molar-refractivity contribution >= 4 is 28.3 Å². The maximum Gasteiger partial charge on any atom is 0.225 e. The molecule has 192 valence electrons. The summed E-state index contributed by atoms with van der Waals surface area (Å²) in [5.41, 5.74) is 7.49. The van der Waals surface area contributed by atoms with E-state index in [-0.39, 0.29) is 17.2 Å². The van der Waals surface area contributed by atoms with E-state index in [0.29, 0.717) is 62.1 Å². The van der Waals surface area contributed by atoms with Crippen molar-refractivity contribution in [1.29, 1.82) is 0 Å². The third-order valence-corrected chi connectivity index (χ3v) is 6.70. The fourth-order valence-corrected chi connectivity index (χ4v) is 4.69. The van der Waals surface area contributed by atoms with Gasteiger partial charge in [0.2, 0.25) is 11.8 Å². The highest BCUT2D eigenvalue weighted by atomic mass is 19.1. The van der Waals surface area contributed by atoms with Gasteiger partial charge in [0.25, 0.3) is 0 Å². The van der Waals surface area contributed by atoms with Crippen LogP contribution >= 0.6 is 0 Å². The molecule has 11 nitrogen and oxygen atoms in total. The summed E-state index contributed by atoms with van der Waals surface area (Å²) >= 11 is 0. The molecule has 1 unspecified atom stereocenters. The number of aromatic nitrogens is 6. The van der Waals surface area contributed by atoms with Gasteiger partial charge in [-0.05, 0) is 25.1 Å². The molecule has 0 radical (unpaired) electrons. The molecule has 1 saturated heterocycles. The molecular formula is C24H25F2N9O2. The van der Waals surface area contributed by atoms with Gasteiger partial charge in [-0.2, -0.15) is 14.6 Å². The monoisotopic (exact) mass is 509 g/mol. The van der Waals surface area contributed by atoms with E-state index in [1.54, 1.807) is 29.3 Å². The minimum absolute atomic E-state index is 0.0406. The molecule has 0 spiro atoms. The first-order valence-corrected chi connectivity index (χ1v) is 11.9. The lowest BCUT2D eigenvalue weighted by Gasteiger charge is -2.36. The molecule has 5 heterocycles. The summed E-state index contributed by atoms with van der Waals surface area (Å²) < 4.78 is 37.6. The molecule has 1 aliphatic heterocycles. The second-order valence-corrected chi connectivity index (χ2v) is 9.05. The van der Waals surface area contributed by atoms with Gasteiger partial charge < -0.3 is 20.2 Å². The van der Waals surface area contributed by atoms with E-state index < -0.39 is 17.7 Å². The lowest BCUT2D eigenvalue weighted by Crippen LogP contribution is -2.47. The SMILES string of the molecule is CC(O)c1cc(F)c(N2CCN(CCn3ncc4c3nc(N)n3nc(-c5ccco5)nc43)CC2)cc1F. The van der Waals surface area contributed by atoms with Crippen molar-refractivity contribution < 1.29 is 18.3 Å². The highest BCUT2D eigenvalue weighted by Gasteiger charge is 2.23. The van der Waals surface area contributed by atoms with Crippen LogP contribution in [0.1, 0.15) is 18.6 Å². The normalized spacial score (nSPS) is 15.7. The summed E-state index contributed by atoms with van der Waals surface area (Å²) in [5.74, 6) is -0.00607. The zero-order valence-corrected chi connectivity index (χ0v) is 20.1. The van der Waals surface area contributed by atoms with Gasteiger partial charge in [0.05, 0.1) is 36.2 Å². The number of halogens is 2. The molecule has 13 heteroatoms. The average Bonchev–Trinajstić information content (AvgIpc) is 3.64. The Balaban J connectivity index is 1.15. The zero-order chi connectivity index (χ0) is 25.7. The number of benzene rings is 1. The van der Waals surface area contributed by atoms with Crippen LogP contribution in [0.4, 0.5) is 20.4 Å². The Bertz CT molecular complexity index is 1570. The van der Waals surface area contributed by atoms with Crippen molar-refractivity contribution in [3.8, 4) is 11.6 Å². The molecule has 6 rings (SSSR count). The van der Waals surface area contributed by atoms with Crippen LogP contribution in [0.25, 0.3) is 28.3 Å². The van der Waals surface area contributed by atoms with Crippen LogP contribution < -0.4 is 10.6 Å². The van der Waals surface area contributed by atoms with Gasteiger partial charge in [-0.25, -0.2) is 18.4 Å². The van der Waals surface area contributed by atoms with Crippen LogP contribution in [0.3, 0.4) is 0 Å². The minimum Gasteiger partial charge on any atom is -0.461 e. The Morgan fingerprint density at radius 2 is 1.89 bits per heavy atom. The second-order valence-electron chi connectivity index (χ2n) is 9.05. The standard InChI is InChI=1S/C24H25F2N9O2/c1-14(36)15-11-18(26)19(12-17(15)25)33-7-4-32(5-8-33)6-9-34-22-16(13-28-34)23-29-21(20-3-2-10-37-20)31-35(23)24(27)30-22/h2-3,10-14,36H,4-9H2,1H3,(H2,27,30). The van der Waals surface area contributed by atoms with E-state index in [9.17, 15) is 13.9 Å². The Labute approximate surface area is 209 Å². The topological polar surface area (TPSA) is 127 Å². The quantitative estimate of drug-likeness (QED) is 0.355. The molecular weight excluding hydrogens is 484 g/mol. The van der Waals surface area contributed by atoms with Crippen molar-refractivity contribution in [3.05, 3.63) is 53.9 Å². The van der Waals surface area contributed by atoms with Crippen molar-refractivity contribution in [2.24, 2.45) is 0 Å². The van der Waals surface area contributed by atoms with Gasteiger partial charge in [0.1, 0.15) is 11.6 Å². The Kier molecular flexibility index (Phi) is 5.72. The number of rotatable bonds is 6. The van der Waals surface area contributed by atoms with Gasteiger partial charge in [-0.3, -0.25) is 4.90 Å².